The van der Waals surface area contributed by atoms with Crippen LogP contribution in [0.5, 0.6) is 0 Å². The number of carbonyl (C=O) groups excluding carboxylic acids is 1. The van der Waals surface area contributed by atoms with Crippen molar-refractivity contribution in [2.45, 2.75) is 27.7 Å². The maximum absolute atomic E-state index is 12.3. The summed E-state index contributed by atoms with van der Waals surface area (Å²) in [4.78, 5) is 12.3. The smallest absolute Gasteiger partial charge is 0.241 e. The quantitative estimate of drug-likeness (QED) is 0.728. The highest BCUT2D eigenvalue weighted by atomic mass is 31.1. The van der Waals surface area contributed by atoms with Crippen LogP contribution in [0.3, 0.4) is 0 Å². The molecule has 1 unspecified atom stereocenters. The second-order valence-electron chi connectivity index (χ2n) is 5.28. The van der Waals surface area contributed by atoms with Crippen LogP contribution in [0, 0.1) is 20.8 Å². The highest BCUT2D eigenvalue weighted by Crippen LogP contribution is 2.33. The predicted molar refractivity (Wildman–Crippen MR) is 89.7 cm³/mol. The SMILES string of the molecule is CC[P+](=O)OC(=O)c1c(C)cc(C)c(-c2ccccc2)c1C. The Labute approximate surface area is 132 Å². The van der Waals surface area contributed by atoms with E-state index in [1.165, 1.54) is 0 Å². The Morgan fingerprint density at radius 2 is 1.73 bits per heavy atom. The molecule has 0 saturated heterocycles. The molecule has 0 fully saturated rings. The van der Waals surface area contributed by atoms with Gasteiger partial charge in [0.2, 0.25) is 0 Å². The fraction of sp³-hybridized carbons (Fsp3) is 0.278. The molecule has 0 spiro atoms. The van der Waals surface area contributed by atoms with Gasteiger partial charge >= 0.3 is 14.0 Å². The summed E-state index contributed by atoms with van der Waals surface area (Å²) in [5.74, 6) is -0.504. The van der Waals surface area contributed by atoms with Gasteiger partial charge in [-0.3, -0.25) is 0 Å². The lowest BCUT2D eigenvalue weighted by Gasteiger charge is -2.15. The maximum Gasteiger partial charge on any atom is 0.559 e. The first-order valence-corrected chi connectivity index (χ1v) is 8.65. The van der Waals surface area contributed by atoms with Crippen molar-refractivity contribution < 1.29 is 13.9 Å². The van der Waals surface area contributed by atoms with Gasteiger partial charge in [0.15, 0.2) is 6.16 Å². The van der Waals surface area contributed by atoms with E-state index in [0.29, 0.717) is 11.7 Å². The number of hydrogen-bond acceptors (Lipinski definition) is 3. The van der Waals surface area contributed by atoms with Crippen LogP contribution in [-0.2, 0) is 9.09 Å². The summed E-state index contributed by atoms with van der Waals surface area (Å²) >= 11 is 0. The zero-order chi connectivity index (χ0) is 16.3. The average Bonchev–Trinajstić information content (AvgIpc) is 2.47. The third-order valence-corrected chi connectivity index (χ3v) is 4.57. The van der Waals surface area contributed by atoms with E-state index in [1.54, 1.807) is 6.92 Å². The molecule has 0 aliphatic rings. The lowest BCUT2D eigenvalue weighted by atomic mass is 9.89. The molecule has 0 aliphatic heterocycles. The zero-order valence-corrected chi connectivity index (χ0v) is 14.2. The molecular formula is C18H20O3P+. The number of rotatable bonds is 4. The normalized spacial score (nSPS) is 11.2. The summed E-state index contributed by atoms with van der Waals surface area (Å²) in [7, 11) is -1.94. The molecule has 2 aromatic rings. The number of benzene rings is 2. The van der Waals surface area contributed by atoms with Crippen LogP contribution in [0.1, 0.15) is 34.0 Å². The van der Waals surface area contributed by atoms with Crippen LogP contribution in [0.2, 0.25) is 0 Å². The van der Waals surface area contributed by atoms with E-state index in [9.17, 15) is 9.36 Å². The minimum Gasteiger partial charge on any atom is -0.241 e. The van der Waals surface area contributed by atoms with Crippen LogP contribution in [0.25, 0.3) is 11.1 Å². The third-order valence-electron chi connectivity index (χ3n) is 3.68. The first kappa shape index (κ1) is 16.4. The van der Waals surface area contributed by atoms with Gasteiger partial charge in [-0.2, -0.15) is 0 Å². The molecule has 3 nitrogen and oxygen atoms in total. The highest BCUT2D eigenvalue weighted by molar-refractivity contribution is 7.39. The number of carbonyl (C=O) groups is 1. The van der Waals surface area contributed by atoms with E-state index in [2.05, 4.69) is 0 Å². The van der Waals surface area contributed by atoms with E-state index in [1.807, 2.05) is 57.2 Å². The van der Waals surface area contributed by atoms with Crippen LogP contribution in [0.4, 0.5) is 0 Å². The monoisotopic (exact) mass is 315 g/mol. The lowest BCUT2D eigenvalue weighted by Crippen LogP contribution is -2.08. The molecule has 0 bridgehead atoms. The molecule has 0 aliphatic carbocycles. The molecule has 0 aromatic heterocycles. The van der Waals surface area contributed by atoms with Crippen molar-refractivity contribution in [1.82, 2.24) is 0 Å². The summed E-state index contributed by atoms with van der Waals surface area (Å²) < 4.78 is 16.6. The molecule has 2 rings (SSSR count). The van der Waals surface area contributed by atoms with Crippen molar-refractivity contribution in [3.8, 4) is 11.1 Å². The lowest BCUT2D eigenvalue weighted by molar-refractivity contribution is 0.0748. The zero-order valence-electron chi connectivity index (χ0n) is 13.3. The molecular weight excluding hydrogens is 295 g/mol. The van der Waals surface area contributed by atoms with Crippen LogP contribution in [0.15, 0.2) is 36.4 Å². The van der Waals surface area contributed by atoms with Gasteiger partial charge in [0.1, 0.15) is 0 Å². The van der Waals surface area contributed by atoms with Gasteiger partial charge < -0.3 is 0 Å². The van der Waals surface area contributed by atoms with E-state index in [4.69, 9.17) is 4.52 Å². The Balaban J connectivity index is 2.57. The van der Waals surface area contributed by atoms with Crippen molar-refractivity contribution in [2.75, 3.05) is 6.16 Å². The molecule has 114 valence electrons. The largest absolute Gasteiger partial charge is 0.559 e. The Kier molecular flexibility index (Phi) is 5.10. The van der Waals surface area contributed by atoms with Crippen LogP contribution >= 0.6 is 8.03 Å². The Hall–Kier alpha value is -1.99. The maximum atomic E-state index is 12.3. The second kappa shape index (κ2) is 6.85. The first-order chi connectivity index (χ1) is 10.5. The van der Waals surface area contributed by atoms with Gasteiger partial charge in [-0.1, -0.05) is 36.4 Å². The summed E-state index contributed by atoms with van der Waals surface area (Å²) in [6.45, 7) is 7.56. The highest BCUT2D eigenvalue weighted by Gasteiger charge is 2.26. The molecule has 22 heavy (non-hydrogen) atoms. The number of hydrogen-bond donors (Lipinski definition) is 0. The van der Waals surface area contributed by atoms with Crippen molar-refractivity contribution >= 4 is 14.0 Å². The van der Waals surface area contributed by atoms with Gasteiger partial charge in [0.25, 0.3) is 0 Å². The van der Waals surface area contributed by atoms with Crippen molar-refractivity contribution in [3.05, 3.63) is 58.7 Å². The first-order valence-electron chi connectivity index (χ1n) is 7.28. The molecule has 0 N–H and O–H groups in total. The average molecular weight is 315 g/mol. The van der Waals surface area contributed by atoms with Gasteiger partial charge in [-0.25, -0.2) is 9.32 Å². The standard InChI is InChI=1S/C18H20O3P/c1-5-22(20)21-18(19)17-13(3)11-12(2)16(14(17)4)15-9-7-6-8-10-15/h6-11H,5H2,1-4H3/q+1. The second-order valence-corrected chi connectivity index (χ2v) is 6.76. The number of aryl methyl sites for hydroxylation is 2. The Morgan fingerprint density at radius 3 is 2.32 bits per heavy atom. The fourth-order valence-electron chi connectivity index (χ4n) is 2.75. The molecule has 2 aromatic carbocycles. The van der Waals surface area contributed by atoms with Crippen molar-refractivity contribution in [1.29, 1.82) is 0 Å². The summed E-state index contributed by atoms with van der Waals surface area (Å²) in [6.07, 6.45) is 0.330. The van der Waals surface area contributed by atoms with Gasteiger partial charge in [-0.05, 0) is 60.1 Å². The van der Waals surface area contributed by atoms with E-state index in [0.717, 1.165) is 27.8 Å². The minimum absolute atomic E-state index is 0.330. The Bertz CT molecular complexity index is 721. The Morgan fingerprint density at radius 1 is 1.09 bits per heavy atom. The van der Waals surface area contributed by atoms with Gasteiger partial charge in [0.05, 0.1) is 5.56 Å². The van der Waals surface area contributed by atoms with E-state index >= 15 is 0 Å². The van der Waals surface area contributed by atoms with Gasteiger partial charge in [0, 0.05) is 0 Å². The molecule has 1 atom stereocenters. The van der Waals surface area contributed by atoms with Crippen LogP contribution < -0.4 is 0 Å². The van der Waals surface area contributed by atoms with Gasteiger partial charge in [-0.15, -0.1) is 0 Å². The summed E-state index contributed by atoms with van der Waals surface area (Å²) in [6, 6.07) is 11.9. The molecule has 4 heteroatoms. The predicted octanol–water partition coefficient (Wildman–Crippen LogP) is 5.20. The molecule has 0 radical (unpaired) electrons. The summed E-state index contributed by atoms with van der Waals surface area (Å²) in [5, 5.41) is 0. The van der Waals surface area contributed by atoms with E-state index < -0.39 is 14.0 Å². The third kappa shape index (κ3) is 3.26. The van der Waals surface area contributed by atoms with Crippen LogP contribution in [-0.4, -0.2) is 12.1 Å². The topological polar surface area (TPSA) is 43.4 Å². The minimum atomic E-state index is -1.94. The molecule has 0 amide bonds. The van der Waals surface area contributed by atoms with Crippen molar-refractivity contribution in [3.63, 3.8) is 0 Å². The molecule has 0 heterocycles. The fourth-order valence-corrected chi connectivity index (χ4v) is 3.16. The van der Waals surface area contributed by atoms with E-state index in [-0.39, 0.29) is 0 Å². The summed E-state index contributed by atoms with van der Waals surface area (Å²) in [5.41, 5.74) is 5.43. The van der Waals surface area contributed by atoms with Crippen molar-refractivity contribution in [2.24, 2.45) is 0 Å². The molecule has 0 saturated carbocycles.